The molecule has 1 N–H and O–H groups in total. The van der Waals surface area contributed by atoms with Crippen molar-refractivity contribution in [2.75, 3.05) is 23.4 Å². The topological polar surface area (TPSA) is 21.3 Å². The fourth-order valence-electron chi connectivity index (χ4n) is 3.21. The number of thioether (sulfide) groups is 1. The molecule has 104 valence electrons. The standard InChI is InChI=1S/C16H23NOS/c1-12-3-4-15(13(2)9-12)17-14-5-7-18-16(10-14)6-8-19-11-16/h3-4,9,14,17H,5-8,10-11H2,1-2H3. The van der Waals surface area contributed by atoms with Gasteiger partial charge in [0.25, 0.3) is 0 Å². The van der Waals surface area contributed by atoms with Crippen molar-refractivity contribution in [3.05, 3.63) is 29.3 Å². The maximum Gasteiger partial charge on any atom is 0.0799 e. The molecule has 3 heteroatoms. The third-order valence-electron chi connectivity index (χ3n) is 4.30. The highest BCUT2D eigenvalue weighted by Gasteiger charge is 2.40. The lowest BCUT2D eigenvalue weighted by molar-refractivity contribution is -0.0628. The minimum atomic E-state index is 0.166. The van der Waals surface area contributed by atoms with Gasteiger partial charge in [-0.25, -0.2) is 0 Å². The van der Waals surface area contributed by atoms with E-state index in [1.165, 1.54) is 34.7 Å². The summed E-state index contributed by atoms with van der Waals surface area (Å²) in [6.07, 6.45) is 3.51. The van der Waals surface area contributed by atoms with E-state index in [0.717, 1.165) is 19.4 Å². The molecule has 1 aromatic rings. The van der Waals surface area contributed by atoms with Gasteiger partial charge in [0.15, 0.2) is 0 Å². The molecule has 2 nitrogen and oxygen atoms in total. The van der Waals surface area contributed by atoms with E-state index < -0.39 is 0 Å². The molecule has 3 rings (SSSR count). The number of rotatable bonds is 2. The van der Waals surface area contributed by atoms with E-state index in [4.69, 9.17) is 4.74 Å². The van der Waals surface area contributed by atoms with Crippen molar-refractivity contribution in [3.8, 4) is 0 Å². The molecule has 2 heterocycles. The summed E-state index contributed by atoms with van der Waals surface area (Å²) in [5.74, 6) is 2.44. The van der Waals surface area contributed by atoms with Gasteiger partial charge in [0, 0.05) is 24.1 Å². The van der Waals surface area contributed by atoms with Crippen LogP contribution in [0.5, 0.6) is 0 Å². The zero-order valence-electron chi connectivity index (χ0n) is 11.9. The van der Waals surface area contributed by atoms with Crippen molar-refractivity contribution in [3.63, 3.8) is 0 Å². The number of ether oxygens (including phenoxy) is 1. The third kappa shape index (κ3) is 2.92. The molecule has 2 atom stereocenters. The largest absolute Gasteiger partial charge is 0.382 e. The Hall–Kier alpha value is -0.670. The smallest absolute Gasteiger partial charge is 0.0799 e. The van der Waals surface area contributed by atoms with E-state index in [2.05, 4.69) is 37.4 Å². The first-order valence-electron chi connectivity index (χ1n) is 7.22. The zero-order chi connectivity index (χ0) is 13.3. The van der Waals surface area contributed by atoms with Crippen molar-refractivity contribution in [2.24, 2.45) is 0 Å². The predicted molar refractivity (Wildman–Crippen MR) is 83.2 cm³/mol. The average molecular weight is 277 g/mol. The number of anilines is 1. The molecule has 2 unspecified atom stereocenters. The van der Waals surface area contributed by atoms with Crippen LogP contribution in [0.3, 0.4) is 0 Å². The summed E-state index contributed by atoms with van der Waals surface area (Å²) in [6, 6.07) is 7.23. The Morgan fingerprint density at radius 2 is 2.26 bits per heavy atom. The van der Waals surface area contributed by atoms with Crippen molar-refractivity contribution in [2.45, 2.75) is 44.8 Å². The van der Waals surface area contributed by atoms with Crippen LogP contribution in [-0.2, 0) is 4.74 Å². The van der Waals surface area contributed by atoms with Crippen LogP contribution in [0.4, 0.5) is 5.69 Å². The van der Waals surface area contributed by atoms with Crippen molar-refractivity contribution >= 4 is 17.4 Å². The predicted octanol–water partition coefficient (Wildman–Crippen LogP) is 3.77. The Kier molecular flexibility index (Phi) is 3.77. The maximum absolute atomic E-state index is 6.08. The first-order valence-corrected chi connectivity index (χ1v) is 8.38. The number of nitrogens with one attached hydrogen (secondary N) is 1. The Bertz CT molecular complexity index is 454. The van der Waals surface area contributed by atoms with E-state index in [-0.39, 0.29) is 5.60 Å². The van der Waals surface area contributed by atoms with Crippen LogP contribution in [0, 0.1) is 13.8 Å². The lowest BCUT2D eigenvalue weighted by Crippen LogP contribution is -2.44. The first-order chi connectivity index (χ1) is 9.17. The van der Waals surface area contributed by atoms with Gasteiger partial charge >= 0.3 is 0 Å². The summed E-state index contributed by atoms with van der Waals surface area (Å²) in [5.41, 5.74) is 4.14. The van der Waals surface area contributed by atoms with Gasteiger partial charge in [0.1, 0.15) is 0 Å². The molecule has 1 aromatic carbocycles. The Morgan fingerprint density at radius 3 is 3.00 bits per heavy atom. The summed E-state index contributed by atoms with van der Waals surface area (Å²) in [5, 5.41) is 3.74. The van der Waals surface area contributed by atoms with Gasteiger partial charge in [-0.15, -0.1) is 0 Å². The van der Waals surface area contributed by atoms with Gasteiger partial charge in [-0.05, 0) is 50.5 Å². The van der Waals surface area contributed by atoms with Crippen molar-refractivity contribution < 1.29 is 4.74 Å². The molecule has 2 aliphatic rings. The van der Waals surface area contributed by atoms with E-state index in [1.807, 2.05) is 11.8 Å². The molecule has 2 fully saturated rings. The summed E-state index contributed by atoms with van der Waals surface area (Å²) in [4.78, 5) is 0. The molecule has 0 aliphatic carbocycles. The number of aryl methyl sites for hydroxylation is 2. The van der Waals surface area contributed by atoms with Crippen molar-refractivity contribution in [1.29, 1.82) is 0 Å². The molecule has 0 bridgehead atoms. The lowest BCUT2D eigenvalue weighted by atomic mass is 9.89. The van der Waals surface area contributed by atoms with Crippen LogP contribution in [-0.4, -0.2) is 29.8 Å². The monoisotopic (exact) mass is 277 g/mol. The number of hydrogen-bond acceptors (Lipinski definition) is 3. The minimum Gasteiger partial charge on any atom is -0.382 e. The third-order valence-corrected chi connectivity index (χ3v) is 5.52. The second-order valence-corrected chi connectivity index (χ2v) is 7.09. The SMILES string of the molecule is Cc1ccc(NC2CCOC3(CCSC3)C2)c(C)c1. The minimum absolute atomic E-state index is 0.166. The summed E-state index contributed by atoms with van der Waals surface area (Å²) in [7, 11) is 0. The van der Waals surface area contributed by atoms with E-state index in [1.54, 1.807) is 0 Å². The highest BCUT2D eigenvalue weighted by atomic mass is 32.2. The highest BCUT2D eigenvalue weighted by molar-refractivity contribution is 7.99. The molecule has 2 aliphatic heterocycles. The Morgan fingerprint density at radius 1 is 1.37 bits per heavy atom. The molecule has 0 amide bonds. The van der Waals surface area contributed by atoms with Crippen LogP contribution in [0.25, 0.3) is 0 Å². The fourth-order valence-corrected chi connectivity index (χ4v) is 4.59. The number of hydrogen-bond donors (Lipinski definition) is 1. The summed E-state index contributed by atoms with van der Waals surface area (Å²) in [6.45, 7) is 5.24. The summed E-state index contributed by atoms with van der Waals surface area (Å²) >= 11 is 2.04. The van der Waals surface area contributed by atoms with Crippen LogP contribution < -0.4 is 5.32 Å². The second-order valence-electron chi connectivity index (χ2n) is 5.99. The zero-order valence-corrected chi connectivity index (χ0v) is 12.7. The van der Waals surface area contributed by atoms with Gasteiger partial charge in [-0.1, -0.05) is 17.7 Å². The molecule has 19 heavy (non-hydrogen) atoms. The average Bonchev–Trinajstić information content (AvgIpc) is 2.81. The van der Waals surface area contributed by atoms with Gasteiger partial charge in [-0.2, -0.15) is 11.8 Å². The summed E-state index contributed by atoms with van der Waals surface area (Å²) < 4.78 is 6.08. The maximum atomic E-state index is 6.08. The van der Waals surface area contributed by atoms with E-state index in [9.17, 15) is 0 Å². The molecule has 1 spiro atoms. The van der Waals surface area contributed by atoms with Crippen LogP contribution in [0.15, 0.2) is 18.2 Å². The van der Waals surface area contributed by atoms with E-state index in [0.29, 0.717) is 6.04 Å². The lowest BCUT2D eigenvalue weighted by Gasteiger charge is -2.38. The van der Waals surface area contributed by atoms with Gasteiger partial charge in [-0.3, -0.25) is 0 Å². The van der Waals surface area contributed by atoms with Crippen LogP contribution in [0.1, 0.15) is 30.4 Å². The van der Waals surface area contributed by atoms with E-state index >= 15 is 0 Å². The Balaban J connectivity index is 1.69. The molecule has 0 radical (unpaired) electrons. The fraction of sp³-hybridized carbons (Fsp3) is 0.625. The Labute approximate surface area is 120 Å². The molecule has 0 aromatic heterocycles. The van der Waals surface area contributed by atoms with Crippen LogP contribution in [0.2, 0.25) is 0 Å². The normalized spacial score (nSPS) is 30.7. The molecule has 0 saturated carbocycles. The molecular formula is C16H23NOS. The van der Waals surface area contributed by atoms with Gasteiger partial charge in [0.2, 0.25) is 0 Å². The molecule has 2 saturated heterocycles. The van der Waals surface area contributed by atoms with Crippen molar-refractivity contribution in [1.82, 2.24) is 0 Å². The first kappa shape index (κ1) is 13.3. The van der Waals surface area contributed by atoms with Crippen LogP contribution >= 0.6 is 11.8 Å². The highest BCUT2D eigenvalue weighted by Crippen LogP contribution is 2.39. The molecular weight excluding hydrogens is 254 g/mol. The number of benzene rings is 1. The van der Waals surface area contributed by atoms with Gasteiger partial charge < -0.3 is 10.1 Å². The quantitative estimate of drug-likeness (QED) is 0.889. The van der Waals surface area contributed by atoms with Gasteiger partial charge in [0.05, 0.1) is 5.60 Å². The second kappa shape index (κ2) is 5.37.